The lowest BCUT2D eigenvalue weighted by atomic mass is 10.0. The maximum absolute atomic E-state index is 11.9. The van der Waals surface area contributed by atoms with Gasteiger partial charge in [0.25, 0.3) is 5.24 Å². The highest BCUT2D eigenvalue weighted by atomic mass is 35.5. The number of halogens is 1. The Balaban J connectivity index is 1.95. The van der Waals surface area contributed by atoms with Crippen LogP contribution in [0.15, 0.2) is 48.7 Å². The molecule has 31 heavy (non-hydrogen) atoms. The van der Waals surface area contributed by atoms with E-state index in [0.717, 1.165) is 22.4 Å². The Labute approximate surface area is 184 Å². The first kappa shape index (κ1) is 21.5. The van der Waals surface area contributed by atoms with Gasteiger partial charge in [0.1, 0.15) is 5.82 Å². The lowest BCUT2D eigenvalue weighted by molar-refractivity contribution is 0.108. The highest BCUT2D eigenvalue weighted by molar-refractivity contribution is 6.68. The molecule has 0 bridgehead atoms. The number of anilines is 4. The van der Waals surface area contributed by atoms with E-state index in [9.17, 15) is 4.79 Å². The van der Waals surface area contributed by atoms with Crippen molar-refractivity contribution in [3.05, 3.63) is 76.5 Å². The summed E-state index contributed by atoms with van der Waals surface area (Å²) in [7, 11) is 0. The molecule has 0 amide bonds. The number of carbonyl (C=O) groups is 1. The van der Waals surface area contributed by atoms with Crippen molar-refractivity contribution >= 4 is 46.1 Å². The molecule has 3 aromatic rings. The lowest BCUT2D eigenvalue weighted by Crippen LogP contribution is -2.08. The Morgan fingerprint density at radius 1 is 1.10 bits per heavy atom. The maximum Gasteiger partial charge on any atom is 0.257 e. The summed E-state index contributed by atoms with van der Waals surface area (Å²) in [5, 5.41) is 23.2. The van der Waals surface area contributed by atoms with Gasteiger partial charge in [0.15, 0.2) is 0 Å². The van der Waals surface area contributed by atoms with Gasteiger partial charge >= 0.3 is 0 Å². The molecule has 2 aromatic carbocycles. The molecule has 7 nitrogen and oxygen atoms in total. The smallest absolute Gasteiger partial charge is 0.257 e. The summed E-state index contributed by atoms with van der Waals surface area (Å²) < 4.78 is 0. The van der Waals surface area contributed by atoms with E-state index in [1.54, 1.807) is 30.3 Å². The van der Waals surface area contributed by atoms with Crippen LogP contribution < -0.4 is 10.6 Å². The fraction of sp³-hybridized carbons (Fsp3) is 0.0870. The van der Waals surface area contributed by atoms with E-state index in [1.807, 2.05) is 32.0 Å². The van der Waals surface area contributed by atoms with E-state index in [4.69, 9.17) is 22.1 Å². The number of aromatic nitrogens is 2. The zero-order valence-electron chi connectivity index (χ0n) is 16.8. The second-order valence-electron chi connectivity index (χ2n) is 6.66. The molecule has 0 aliphatic carbocycles. The first-order chi connectivity index (χ1) is 14.9. The highest BCUT2D eigenvalue weighted by Gasteiger charge is 2.15. The summed E-state index contributed by atoms with van der Waals surface area (Å²) >= 11 is 5.73. The second kappa shape index (κ2) is 9.53. The number of nitriles is 2. The Kier molecular flexibility index (Phi) is 6.61. The van der Waals surface area contributed by atoms with Crippen molar-refractivity contribution in [3.63, 3.8) is 0 Å². The number of rotatable bonds is 6. The van der Waals surface area contributed by atoms with Gasteiger partial charge in [-0.05, 0) is 84.6 Å². The summed E-state index contributed by atoms with van der Waals surface area (Å²) in [6, 6.07) is 14.7. The molecule has 0 spiro atoms. The molecule has 0 saturated carbocycles. The molecule has 0 radical (unpaired) electrons. The van der Waals surface area contributed by atoms with Crippen molar-refractivity contribution in [1.82, 2.24) is 9.97 Å². The van der Waals surface area contributed by atoms with Gasteiger partial charge in [-0.1, -0.05) is 0 Å². The number of carbonyl (C=O) groups excluding carboxylic acids is 1. The van der Waals surface area contributed by atoms with Gasteiger partial charge in [0, 0.05) is 23.6 Å². The van der Waals surface area contributed by atoms with Crippen molar-refractivity contribution in [2.45, 2.75) is 13.8 Å². The van der Waals surface area contributed by atoms with Crippen LogP contribution in [0, 0.1) is 36.5 Å². The summed E-state index contributed by atoms with van der Waals surface area (Å²) in [6.07, 6.45) is 4.49. The number of hydrogen-bond acceptors (Lipinski definition) is 7. The second-order valence-corrected chi connectivity index (χ2v) is 7.00. The molecule has 152 valence electrons. The number of nitrogens with one attached hydrogen (secondary N) is 2. The minimum Gasteiger partial charge on any atom is -0.339 e. The minimum absolute atomic E-state index is 0.138. The quantitative estimate of drug-likeness (QED) is 0.400. The van der Waals surface area contributed by atoms with Crippen LogP contribution >= 0.6 is 11.6 Å². The number of allylic oxidation sites excluding steroid dienone is 1. The lowest BCUT2D eigenvalue weighted by Gasteiger charge is -2.16. The van der Waals surface area contributed by atoms with Crippen LogP contribution in [-0.2, 0) is 0 Å². The van der Waals surface area contributed by atoms with Gasteiger partial charge in [0.2, 0.25) is 5.95 Å². The maximum atomic E-state index is 11.9. The molecule has 1 heterocycles. The SMILES string of the molecule is Cc1cc(C=CC#N)cc(C)c1Nc1nc(Nc2ccc(C#N)cc2)ncc1C(=O)Cl. The molecular formula is C23H17ClN6O. The van der Waals surface area contributed by atoms with Gasteiger partial charge in [0.05, 0.1) is 23.3 Å². The van der Waals surface area contributed by atoms with Gasteiger partial charge in [-0.25, -0.2) is 4.98 Å². The zero-order valence-corrected chi connectivity index (χ0v) is 17.5. The van der Waals surface area contributed by atoms with E-state index in [2.05, 4.69) is 26.7 Å². The Hall–Kier alpha value is -4.20. The molecule has 2 N–H and O–H groups in total. The first-order valence-electron chi connectivity index (χ1n) is 9.19. The Morgan fingerprint density at radius 3 is 2.35 bits per heavy atom. The number of hydrogen-bond donors (Lipinski definition) is 2. The van der Waals surface area contributed by atoms with Crippen molar-refractivity contribution < 1.29 is 4.79 Å². The molecular weight excluding hydrogens is 412 g/mol. The van der Waals surface area contributed by atoms with Crippen LogP contribution in [0.2, 0.25) is 0 Å². The molecule has 0 saturated heterocycles. The average molecular weight is 429 g/mol. The number of aryl methyl sites for hydroxylation is 2. The fourth-order valence-corrected chi connectivity index (χ4v) is 3.12. The predicted octanol–water partition coefficient (Wildman–Crippen LogP) is 5.37. The molecule has 0 aliphatic rings. The van der Waals surface area contributed by atoms with E-state index < -0.39 is 5.24 Å². The van der Waals surface area contributed by atoms with Gasteiger partial charge in [-0.2, -0.15) is 15.5 Å². The number of nitrogens with zero attached hydrogens (tertiary/aromatic N) is 4. The molecule has 0 atom stereocenters. The van der Waals surface area contributed by atoms with Crippen LogP contribution in [0.1, 0.15) is 32.6 Å². The largest absolute Gasteiger partial charge is 0.339 e. The molecule has 0 aliphatic heterocycles. The highest BCUT2D eigenvalue weighted by Crippen LogP contribution is 2.29. The first-order valence-corrected chi connectivity index (χ1v) is 9.57. The van der Waals surface area contributed by atoms with Crippen molar-refractivity contribution in [2.75, 3.05) is 10.6 Å². The van der Waals surface area contributed by atoms with Gasteiger partial charge in [-0.3, -0.25) is 4.79 Å². The average Bonchev–Trinajstić information content (AvgIpc) is 2.75. The van der Waals surface area contributed by atoms with Crippen LogP contribution in [-0.4, -0.2) is 15.2 Å². The topological polar surface area (TPSA) is 114 Å². The Morgan fingerprint density at radius 2 is 1.77 bits per heavy atom. The molecule has 3 rings (SSSR count). The van der Waals surface area contributed by atoms with Crippen molar-refractivity contribution in [1.29, 1.82) is 10.5 Å². The zero-order chi connectivity index (χ0) is 22.4. The van der Waals surface area contributed by atoms with E-state index in [-0.39, 0.29) is 17.3 Å². The summed E-state index contributed by atoms with van der Waals surface area (Å²) in [6.45, 7) is 3.83. The molecule has 1 aromatic heterocycles. The molecule has 0 unspecified atom stereocenters. The van der Waals surface area contributed by atoms with Crippen molar-refractivity contribution in [3.8, 4) is 12.1 Å². The van der Waals surface area contributed by atoms with Gasteiger partial charge in [-0.15, -0.1) is 0 Å². The third-order valence-corrected chi connectivity index (χ3v) is 4.62. The normalized spacial score (nSPS) is 10.4. The van der Waals surface area contributed by atoms with Crippen LogP contribution in [0.3, 0.4) is 0 Å². The third kappa shape index (κ3) is 5.24. The van der Waals surface area contributed by atoms with E-state index in [0.29, 0.717) is 11.3 Å². The summed E-state index contributed by atoms with van der Waals surface area (Å²) in [5.74, 6) is 0.524. The standard InChI is InChI=1S/C23H17ClN6O/c1-14-10-17(4-3-9-25)11-15(2)20(14)29-22-19(21(24)31)13-27-23(30-22)28-18-7-5-16(12-26)6-8-18/h3-8,10-11,13H,1-2H3,(H2,27,28,29,30). The number of benzene rings is 2. The predicted molar refractivity (Wildman–Crippen MR) is 121 cm³/mol. The molecule has 0 fully saturated rings. The van der Waals surface area contributed by atoms with Crippen LogP contribution in [0.4, 0.5) is 23.1 Å². The van der Waals surface area contributed by atoms with Crippen LogP contribution in [0.25, 0.3) is 6.08 Å². The van der Waals surface area contributed by atoms with Crippen LogP contribution in [0.5, 0.6) is 0 Å². The fourth-order valence-electron chi connectivity index (χ4n) is 2.98. The Bertz CT molecular complexity index is 1230. The monoisotopic (exact) mass is 428 g/mol. The summed E-state index contributed by atoms with van der Waals surface area (Å²) in [5.41, 5.74) is 4.85. The third-order valence-electron chi connectivity index (χ3n) is 4.42. The van der Waals surface area contributed by atoms with E-state index >= 15 is 0 Å². The van der Waals surface area contributed by atoms with Gasteiger partial charge < -0.3 is 10.6 Å². The summed E-state index contributed by atoms with van der Waals surface area (Å²) in [4.78, 5) is 20.5. The minimum atomic E-state index is -0.684. The van der Waals surface area contributed by atoms with Crippen molar-refractivity contribution in [2.24, 2.45) is 0 Å². The van der Waals surface area contributed by atoms with E-state index in [1.165, 1.54) is 12.3 Å². The molecule has 8 heteroatoms.